The molecule has 0 radical (unpaired) electrons. The average molecular weight is 332 g/mol. The van der Waals surface area contributed by atoms with Crippen LogP contribution in [-0.4, -0.2) is 42.7 Å². The van der Waals surface area contributed by atoms with Crippen LogP contribution >= 0.6 is 11.6 Å². The largest absolute Gasteiger partial charge is 0.374 e. The highest BCUT2D eigenvalue weighted by Gasteiger charge is 2.27. The third-order valence-electron chi connectivity index (χ3n) is 4.13. The second-order valence-electron chi connectivity index (χ2n) is 5.90. The molecule has 1 saturated heterocycles. The van der Waals surface area contributed by atoms with Crippen LogP contribution < -0.4 is 5.32 Å². The Labute approximate surface area is 142 Å². The number of nitrogens with zero attached hydrogens (tertiary/aromatic N) is 2. The molecule has 1 N–H and O–H groups in total. The SMILES string of the molecule is CN1CCO[C@@H]([C@H](NCc2ccccn2)c2ccc(Cl)cc2)C1. The van der Waals surface area contributed by atoms with Crippen LogP contribution in [0.5, 0.6) is 0 Å². The van der Waals surface area contributed by atoms with Gasteiger partial charge in [0, 0.05) is 30.9 Å². The number of morpholine rings is 1. The fourth-order valence-electron chi connectivity index (χ4n) is 2.86. The summed E-state index contributed by atoms with van der Waals surface area (Å²) in [5.41, 5.74) is 2.21. The van der Waals surface area contributed by atoms with Crippen LogP contribution in [0.15, 0.2) is 48.7 Å². The molecule has 1 fully saturated rings. The molecular formula is C18H22ClN3O. The molecule has 4 nitrogen and oxygen atoms in total. The van der Waals surface area contributed by atoms with E-state index in [1.807, 2.05) is 36.5 Å². The molecule has 122 valence electrons. The van der Waals surface area contributed by atoms with Gasteiger partial charge in [-0.25, -0.2) is 0 Å². The minimum atomic E-state index is 0.108. The Morgan fingerprint density at radius 3 is 2.83 bits per heavy atom. The van der Waals surface area contributed by atoms with Crippen molar-refractivity contribution in [1.29, 1.82) is 0 Å². The van der Waals surface area contributed by atoms with E-state index >= 15 is 0 Å². The van der Waals surface area contributed by atoms with Crippen molar-refractivity contribution in [3.63, 3.8) is 0 Å². The third-order valence-corrected chi connectivity index (χ3v) is 4.38. The molecule has 0 saturated carbocycles. The summed E-state index contributed by atoms with van der Waals surface area (Å²) in [4.78, 5) is 6.69. The summed E-state index contributed by atoms with van der Waals surface area (Å²) in [6, 6.07) is 14.1. The van der Waals surface area contributed by atoms with Crippen molar-refractivity contribution < 1.29 is 4.74 Å². The highest BCUT2D eigenvalue weighted by atomic mass is 35.5. The number of nitrogens with one attached hydrogen (secondary N) is 1. The summed E-state index contributed by atoms with van der Waals surface area (Å²) in [7, 11) is 2.13. The number of pyridine rings is 1. The van der Waals surface area contributed by atoms with Gasteiger partial charge < -0.3 is 15.0 Å². The molecule has 23 heavy (non-hydrogen) atoms. The Bertz CT molecular complexity index is 605. The van der Waals surface area contributed by atoms with E-state index in [4.69, 9.17) is 16.3 Å². The molecule has 0 unspecified atom stereocenters. The monoisotopic (exact) mass is 331 g/mol. The second-order valence-corrected chi connectivity index (χ2v) is 6.34. The van der Waals surface area contributed by atoms with Gasteiger partial charge in [-0.2, -0.15) is 0 Å². The van der Waals surface area contributed by atoms with E-state index in [2.05, 4.69) is 34.4 Å². The van der Waals surface area contributed by atoms with Gasteiger partial charge in [0.1, 0.15) is 0 Å². The molecule has 3 rings (SSSR count). The van der Waals surface area contributed by atoms with Crippen LogP contribution in [0.25, 0.3) is 0 Å². The van der Waals surface area contributed by atoms with Crippen LogP contribution in [0.4, 0.5) is 0 Å². The second kappa shape index (κ2) is 7.88. The lowest BCUT2D eigenvalue weighted by atomic mass is 10.00. The van der Waals surface area contributed by atoms with Gasteiger partial charge in [0.05, 0.1) is 24.4 Å². The fourth-order valence-corrected chi connectivity index (χ4v) is 2.99. The number of hydrogen-bond acceptors (Lipinski definition) is 4. The lowest BCUT2D eigenvalue weighted by molar-refractivity contribution is -0.0396. The van der Waals surface area contributed by atoms with E-state index in [1.165, 1.54) is 5.56 Å². The summed E-state index contributed by atoms with van der Waals surface area (Å²) in [5.74, 6) is 0. The molecule has 2 aromatic rings. The summed E-state index contributed by atoms with van der Waals surface area (Å²) in [6.45, 7) is 3.35. The van der Waals surface area contributed by atoms with Crippen molar-refractivity contribution in [3.8, 4) is 0 Å². The van der Waals surface area contributed by atoms with Crippen LogP contribution in [0, 0.1) is 0 Å². The van der Waals surface area contributed by atoms with Crippen molar-refractivity contribution in [1.82, 2.24) is 15.2 Å². The first-order valence-corrected chi connectivity index (χ1v) is 8.29. The van der Waals surface area contributed by atoms with Crippen molar-refractivity contribution in [3.05, 3.63) is 64.9 Å². The van der Waals surface area contributed by atoms with Crippen molar-refractivity contribution in [2.75, 3.05) is 26.7 Å². The first kappa shape index (κ1) is 16.4. The highest BCUT2D eigenvalue weighted by molar-refractivity contribution is 6.30. The summed E-state index contributed by atoms with van der Waals surface area (Å²) in [5, 5.41) is 4.35. The summed E-state index contributed by atoms with van der Waals surface area (Å²) < 4.78 is 6.03. The maximum absolute atomic E-state index is 6.03. The molecular weight excluding hydrogens is 310 g/mol. The van der Waals surface area contributed by atoms with Gasteiger partial charge in [-0.15, -0.1) is 0 Å². The van der Waals surface area contributed by atoms with Gasteiger partial charge in [-0.1, -0.05) is 29.8 Å². The van der Waals surface area contributed by atoms with Gasteiger partial charge in [-0.05, 0) is 36.9 Å². The van der Waals surface area contributed by atoms with Crippen LogP contribution in [0.3, 0.4) is 0 Å². The molecule has 0 spiro atoms. The van der Waals surface area contributed by atoms with Gasteiger partial charge in [-0.3, -0.25) is 4.98 Å². The van der Waals surface area contributed by atoms with Crippen LogP contribution in [0.2, 0.25) is 5.02 Å². The number of aromatic nitrogens is 1. The number of rotatable bonds is 5. The van der Waals surface area contributed by atoms with E-state index in [-0.39, 0.29) is 12.1 Å². The summed E-state index contributed by atoms with van der Waals surface area (Å²) >= 11 is 6.03. The van der Waals surface area contributed by atoms with E-state index < -0.39 is 0 Å². The lowest BCUT2D eigenvalue weighted by Crippen LogP contribution is -2.46. The van der Waals surface area contributed by atoms with E-state index in [9.17, 15) is 0 Å². The standard InChI is InChI=1S/C18H22ClN3O/c1-22-10-11-23-17(13-22)18(14-5-7-15(19)8-6-14)21-12-16-4-2-3-9-20-16/h2-9,17-18,21H,10-13H2,1H3/t17-,18-/m1/s1. The zero-order chi connectivity index (χ0) is 16.1. The topological polar surface area (TPSA) is 37.4 Å². The van der Waals surface area contributed by atoms with Gasteiger partial charge in [0.2, 0.25) is 0 Å². The lowest BCUT2D eigenvalue weighted by Gasteiger charge is -2.36. The smallest absolute Gasteiger partial charge is 0.0896 e. The number of likely N-dealkylation sites (N-methyl/N-ethyl adjacent to an activating group) is 1. The maximum atomic E-state index is 6.03. The Kier molecular flexibility index (Phi) is 5.62. The molecule has 1 aliphatic heterocycles. The first-order valence-electron chi connectivity index (χ1n) is 7.91. The van der Waals surface area contributed by atoms with E-state index in [1.54, 1.807) is 0 Å². The molecule has 0 amide bonds. The van der Waals surface area contributed by atoms with Crippen molar-refractivity contribution in [2.24, 2.45) is 0 Å². The molecule has 5 heteroatoms. The van der Waals surface area contributed by atoms with E-state index in [0.717, 1.165) is 30.4 Å². The normalized spacial score (nSPS) is 20.3. The predicted molar refractivity (Wildman–Crippen MR) is 92.5 cm³/mol. The fraction of sp³-hybridized carbons (Fsp3) is 0.389. The molecule has 0 aliphatic carbocycles. The summed E-state index contributed by atoms with van der Waals surface area (Å²) in [6.07, 6.45) is 1.93. The van der Waals surface area contributed by atoms with E-state index in [0.29, 0.717) is 6.54 Å². The molecule has 1 aliphatic rings. The van der Waals surface area contributed by atoms with Crippen molar-refractivity contribution in [2.45, 2.75) is 18.7 Å². The van der Waals surface area contributed by atoms with Crippen LogP contribution in [-0.2, 0) is 11.3 Å². The van der Waals surface area contributed by atoms with Crippen LogP contribution in [0.1, 0.15) is 17.3 Å². The average Bonchev–Trinajstić information content (AvgIpc) is 2.58. The zero-order valence-electron chi connectivity index (χ0n) is 13.3. The predicted octanol–water partition coefficient (Wildman–Crippen LogP) is 2.90. The van der Waals surface area contributed by atoms with Gasteiger partial charge in [0.15, 0.2) is 0 Å². The van der Waals surface area contributed by atoms with Crippen molar-refractivity contribution >= 4 is 11.6 Å². The molecule has 0 bridgehead atoms. The molecule has 2 heterocycles. The quantitative estimate of drug-likeness (QED) is 0.914. The minimum absolute atomic E-state index is 0.108. The third kappa shape index (κ3) is 4.52. The Morgan fingerprint density at radius 1 is 1.30 bits per heavy atom. The Balaban J connectivity index is 1.76. The number of ether oxygens (including phenoxy) is 1. The van der Waals surface area contributed by atoms with Gasteiger partial charge in [0.25, 0.3) is 0 Å². The Morgan fingerprint density at radius 2 is 2.13 bits per heavy atom. The number of hydrogen-bond donors (Lipinski definition) is 1. The molecule has 2 atom stereocenters. The number of benzene rings is 1. The first-order chi connectivity index (χ1) is 11.2. The Hall–Kier alpha value is -1.46. The molecule has 1 aromatic heterocycles. The number of halogens is 1. The molecule has 1 aromatic carbocycles. The minimum Gasteiger partial charge on any atom is -0.374 e. The van der Waals surface area contributed by atoms with Gasteiger partial charge >= 0.3 is 0 Å². The maximum Gasteiger partial charge on any atom is 0.0896 e. The highest BCUT2D eigenvalue weighted by Crippen LogP contribution is 2.24. The zero-order valence-corrected chi connectivity index (χ0v) is 14.0.